The first-order valence-corrected chi connectivity index (χ1v) is 4.99. The van der Waals surface area contributed by atoms with Gasteiger partial charge in [0.15, 0.2) is 0 Å². The van der Waals surface area contributed by atoms with E-state index in [1.807, 2.05) is 0 Å². The maximum atomic E-state index is 10.9. The van der Waals surface area contributed by atoms with Crippen LogP contribution in [0.5, 0.6) is 0 Å². The lowest BCUT2D eigenvalue weighted by molar-refractivity contribution is -0.196. The average Bonchev–Trinajstić information content (AvgIpc) is 2.08. The number of rotatable bonds is 2. The maximum absolute atomic E-state index is 10.9. The lowest BCUT2D eigenvalue weighted by atomic mass is 9.64. The van der Waals surface area contributed by atoms with Gasteiger partial charge < -0.3 is 20.4 Å². The molecule has 16 heavy (non-hydrogen) atoms. The van der Waals surface area contributed by atoms with Gasteiger partial charge in [0.05, 0.1) is 23.0 Å². The number of carboxylic acids is 2. The molecule has 1 aliphatic rings. The van der Waals surface area contributed by atoms with E-state index in [-0.39, 0.29) is 12.8 Å². The Hall–Kier alpha value is -1.14. The molecule has 0 aliphatic heterocycles. The topological polar surface area (TPSA) is 115 Å². The van der Waals surface area contributed by atoms with Crippen molar-refractivity contribution in [1.82, 2.24) is 0 Å². The van der Waals surface area contributed by atoms with Crippen molar-refractivity contribution in [2.75, 3.05) is 0 Å². The second-order valence-electron chi connectivity index (χ2n) is 4.85. The van der Waals surface area contributed by atoms with Crippen LogP contribution in [0.1, 0.15) is 26.7 Å². The Morgan fingerprint density at radius 1 is 0.938 bits per heavy atom. The van der Waals surface area contributed by atoms with Gasteiger partial charge in [0.2, 0.25) is 0 Å². The van der Waals surface area contributed by atoms with Gasteiger partial charge in [-0.05, 0) is 26.7 Å². The van der Waals surface area contributed by atoms with E-state index in [0.717, 1.165) is 0 Å². The predicted molar refractivity (Wildman–Crippen MR) is 52.7 cm³/mol. The van der Waals surface area contributed by atoms with Crippen LogP contribution < -0.4 is 0 Å². The van der Waals surface area contributed by atoms with Gasteiger partial charge in [-0.1, -0.05) is 0 Å². The highest BCUT2D eigenvalue weighted by Crippen LogP contribution is 2.43. The Kier molecular flexibility index (Phi) is 3.00. The smallest absolute Gasteiger partial charge is 0.307 e. The molecule has 92 valence electrons. The molecule has 4 N–H and O–H groups in total. The second kappa shape index (κ2) is 3.71. The van der Waals surface area contributed by atoms with Gasteiger partial charge in [0.1, 0.15) is 0 Å². The first kappa shape index (κ1) is 12.9. The predicted octanol–water partition coefficient (Wildman–Crippen LogP) is -0.316. The first-order valence-electron chi connectivity index (χ1n) is 4.99. The molecule has 0 saturated heterocycles. The van der Waals surface area contributed by atoms with E-state index in [9.17, 15) is 19.8 Å². The molecule has 1 rings (SSSR count). The minimum Gasteiger partial charge on any atom is -0.481 e. The van der Waals surface area contributed by atoms with Crippen LogP contribution in [0, 0.1) is 11.8 Å². The van der Waals surface area contributed by atoms with Crippen molar-refractivity contribution >= 4 is 11.9 Å². The van der Waals surface area contributed by atoms with E-state index in [1.165, 1.54) is 13.8 Å². The highest BCUT2D eigenvalue weighted by molar-refractivity contribution is 5.80. The number of aliphatic carboxylic acids is 2. The summed E-state index contributed by atoms with van der Waals surface area (Å²) in [5, 5.41) is 37.6. The van der Waals surface area contributed by atoms with E-state index < -0.39 is 35.0 Å². The maximum Gasteiger partial charge on any atom is 0.307 e. The molecule has 0 unspecified atom stereocenters. The molecule has 0 aromatic heterocycles. The Morgan fingerprint density at radius 3 is 1.38 bits per heavy atom. The fraction of sp³-hybridized carbons (Fsp3) is 0.800. The summed E-state index contributed by atoms with van der Waals surface area (Å²) in [4.78, 5) is 21.8. The van der Waals surface area contributed by atoms with Gasteiger partial charge in [0, 0.05) is 0 Å². The SMILES string of the molecule is C[C@]1(O)C[C@H](C(=O)O)[C@@H](C(=O)O)C[C@@]1(C)O. The molecule has 0 aromatic rings. The van der Waals surface area contributed by atoms with Gasteiger partial charge in [-0.15, -0.1) is 0 Å². The van der Waals surface area contributed by atoms with E-state index in [1.54, 1.807) is 0 Å². The molecule has 6 nitrogen and oxygen atoms in total. The lowest BCUT2D eigenvalue weighted by Crippen LogP contribution is -2.59. The third kappa shape index (κ3) is 2.03. The number of carboxylic acid groups (broad SMARTS) is 2. The van der Waals surface area contributed by atoms with E-state index in [0.29, 0.717) is 0 Å². The number of carbonyl (C=O) groups is 2. The molecule has 0 amide bonds. The van der Waals surface area contributed by atoms with Crippen molar-refractivity contribution in [2.45, 2.75) is 37.9 Å². The molecule has 6 heteroatoms. The Labute approximate surface area is 92.5 Å². The van der Waals surface area contributed by atoms with Crippen molar-refractivity contribution in [3.05, 3.63) is 0 Å². The van der Waals surface area contributed by atoms with Crippen LogP contribution in [0.25, 0.3) is 0 Å². The monoisotopic (exact) mass is 232 g/mol. The molecule has 1 saturated carbocycles. The molecule has 0 spiro atoms. The minimum absolute atomic E-state index is 0.272. The zero-order valence-corrected chi connectivity index (χ0v) is 9.17. The molecule has 4 atom stereocenters. The highest BCUT2D eigenvalue weighted by Gasteiger charge is 2.54. The number of hydrogen-bond donors (Lipinski definition) is 4. The van der Waals surface area contributed by atoms with E-state index in [2.05, 4.69) is 0 Å². The second-order valence-corrected chi connectivity index (χ2v) is 4.85. The zero-order chi connectivity index (χ0) is 12.7. The highest BCUT2D eigenvalue weighted by atomic mass is 16.4. The standard InChI is InChI=1S/C10H16O6/c1-9(15)3-5(7(11)12)6(8(13)14)4-10(9,2)16/h5-6,15-16H,3-4H2,1-2H3,(H,11,12)(H,13,14)/t5-,6-,9-,10+/m0/s1. The van der Waals surface area contributed by atoms with Crippen LogP contribution in [0.3, 0.4) is 0 Å². The molecule has 1 fully saturated rings. The number of aliphatic hydroxyl groups is 2. The van der Waals surface area contributed by atoms with Crippen molar-refractivity contribution in [1.29, 1.82) is 0 Å². The zero-order valence-electron chi connectivity index (χ0n) is 9.17. The number of hydrogen-bond acceptors (Lipinski definition) is 4. The van der Waals surface area contributed by atoms with Crippen molar-refractivity contribution in [3.63, 3.8) is 0 Å². The Balaban J connectivity index is 3.05. The molecule has 1 aliphatic carbocycles. The molecule has 0 radical (unpaired) electrons. The van der Waals surface area contributed by atoms with Crippen LogP contribution in [0.2, 0.25) is 0 Å². The van der Waals surface area contributed by atoms with Crippen molar-refractivity contribution in [3.8, 4) is 0 Å². The van der Waals surface area contributed by atoms with Crippen LogP contribution in [-0.2, 0) is 9.59 Å². The summed E-state index contributed by atoms with van der Waals surface area (Å²) in [6.07, 6.45) is -0.543. The van der Waals surface area contributed by atoms with Crippen LogP contribution in [0.15, 0.2) is 0 Å². The van der Waals surface area contributed by atoms with Gasteiger partial charge >= 0.3 is 11.9 Å². The summed E-state index contributed by atoms with van der Waals surface area (Å²) in [6, 6.07) is 0. The van der Waals surface area contributed by atoms with E-state index in [4.69, 9.17) is 10.2 Å². The minimum atomic E-state index is -1.60. The van der Waals surface area contributed by atoms with Crippen LogP contribution in [-0.4, -0.2) is 43.6 Å². The largest absolute Gasteiger partial charge is 0.481 e. The summed E-state index contributed by atoms with van der Waals surface area (Å²) >= 11 is 0. The lowest BCUT2D eigenvalue weighted by Gasteiger charge is -2.46. The van der Waals surface area contributed by atoms with Gasteiger partial charge in [-0.3, -0.25) is 9.59 Å². The normalized spacial score (nSPS) is 44.0. The van der Waals surface area contributed by atoms with Gasteiger partial charge in [-0.2, -0.15) is 0 Å². The summed E-state index contributed by atoms with van der Waals surface area (Å²) in [5.74, 6) is -4.87. The third-order valence-corrected chi connectivity index (χ3v) is 3.52. The molecule has 0 heterocycles. The Bertz CT molecular complexity index is 287. The van der Waals surface area contributed by atoms with Crippen LogP contribution in [0.4, 0.5) is 0 Å². The first-order chi connectivity index (χ1) is 7.08. The fourth-order valence-corrected chi connectivity index (χ4v) is 2.10. The summed E-state index contributed by atoms with van der Waals surface area (Å²) in [5.41, 5.74) is -3.19. The van der Waals surface area contributed by atoms with Crippen LogP contribution >= 0.6 is 0 Å². The van der Waals surface area contributed by atoms with Gasteiger partial charge in [0.25, 0.3) is 0 Å². The third-order valence-electron chi connectivity index (χ3n) is 3.52. The molecule has 0 bridgehead atoms. The molecular weight excluding hydrogens is 216 g/mol. The fourth-order valence-electron chi connectivity index (χ4n) is 2.10. The molecule has 0 aromatic carbocycles. The quantitative estimate of drug-likeness (QED) is 0.519. The van der Waals surface area contributed by atoms with Gasteiger partial charge in [-0.25, -0.2) is 0 Å². The summed E-state index contributed by atoms with van der Waals surface area (Å²) in [6.45, 7) is 2.64. The average molecular weight is 232 g/mol. The molecular formula is C10H16O6. The summed E-state index contributed by atoms with van der Waals surface area (Å²) < 4.78 is 0. The van der Waals surface area contributed by atoms with E-state index >= 15 is 0 Å². The summed E-state index contributed by atoms with van der Waals surface area (Å²) in [7, 11) is 0. The van der Waals surface area contributed by atoms with Crippen molar-refractivity contribution < 1.29 is 30.0 Å². The van der Waals surface area contributed by atoms with Crippen molar-refractivity contribution in [2.24, 2.45) is 11.8 Å². The Morgan fingerprint density at radius 2 is 1.19 bits per heavy atom.